The van der Waals surface area contributed by atoms with E-state index in [1.54, 1.807) is 0 Å². The Morgan fingerprint density at radius 1 is 0.909 bits per heavy atom. The van der Waals surface area contributed by atoms with Crippen LogP contribution in [0.1, 0.15) is 29.3 Å². The molecule has 0 aliphatic carbocycles. The van der Waals surface area contributed by atoms with Crippen LogP contribution in [-0.4, -0.2) is 15.0 Å². The molecule has 0 aliphatic rings. The summed E-state index contributed by atoms with van der Waals surface area (Å²) in [5.41, 5.74) is 5.68. The van der Waals surface area contributed by atoms with Gasteiger partial charge in [-0.25, -0.2) is 4.68 Å². The van der Waals surface area contributed by atoms with Gasteiger partial charge in [-0.05, 0) is 36.6 Å². The van der Waals surface area contributed by atoms with Crippen molar-refractivity contribution in [2.24, 2.45) is 0 Å². The maximum atomic E-state index is 4.14. The Morgan fingerprint density at radius 3 is 2.05 bits per heavy atom. The van der Waals surface area contributed by atoms with Gasteiger partial charge in [0.1, 0.15) is 0 Å². The van der Waals surface area contributed by atoms with E-state index in [1.807, 2.05) is 10.9 Å². The maximum absolute atomic E-state index is 4.14. The van der Waals surface area contributed by atoms with Crippen molar-refractivity contribution in [2.45, 2.75) is 20.3 Å². The van der Waals surface area contributed by atoms with Crippen molar-refractivity contribution in [3.8, 4) is 5.69 Å². The van der Waals surface area contributed by atoms with Gasteiger partial charge in [0.15, 0.2) is 0 Å². The zero-order valence-corrected chi connectivity index (χ0v) is 12.9. The normalized spacial score (nSPS) is 11.2. The Balaban J connectivity index is 1.75. The fourth-order valence-corrected chi connectivity index (χ4v) is 2.19. The first-order valence-corrected chi connectivity index (χ1v) is 7.51. The topological polar surface area (TPSA) is 30.7 Å². The van der Waals surface area contributed by atoms with Crippen molar-refractivity contribution < 1.29 is 0 Å². The third-order valence-electron chi connectivity index (χ3n) is 3.61. The predicted octanol–water partition coefficient (Wildman–Crippen LogP) is 4.31. The lowest BCUT2D eigenvalue weighted by molar-refractivity contribution is 0.798. The number of benzene rings is 2. The van der Waals surface area contributed by atoms with Crippen LogP contribution in [0.25, 0.3) is 17.8 Å². The summed E-state index contributed by atoms with van der Waals surface area (Å²) in [6, 6.07) is 16.8. The van der Waals surface area contributed by atoms with Crippen LogP contribution in [0.2, 0.25) is 0 Å². The molecule has 0 N–H and O–H groups in total. The molecule has 0 bridgehead atoms. The molecule has 3 rings (SSSR count). The van der Waals surface area contributed by atoms with Gasteiger partial charge in [-0.3, -0.25) is 0 Å². The molecule has 22 heavy (non-hydrogen) atoms. The number of hydrogen-bond donors (Lipinski definition) is 0. The van der Waals surface area contributed by atoms with Crippen LogP contribution < -0.4 is 0 Å². The third kappa shape index (κ3) is 3.31. The molecule has 3 nitrogen and oxygen atoms in total. The molecule has 1 aromatic heterocycles. The molecule has 0 fully saturated rings. The standard InChI is InChI=1S/C19H19N3/c1-3-18-14-22(21-20-18)19-12-10-17(11-13-19)9-8-16-6-4-15(2)5-7-16/h4-14H,3H2,1-2H3/b9-8+. The molecule has 0 radical (unpaired) electrons. The number of nitrogens with zero attached hydrogens (tertiary/aromatic N) is 3. The van der Waals surface area contributed by atoms with Crippen LogP contribution in [0.4, 0.5) is 0 Å². The monoisotopic (exact) mass is 289 g/mol. The zero-order chi connectivity index (χ0) is 15.4. The molecule has 3 heteroatoms. The van der Waals surface area contributed by atoms with E-state index in [0.717, 1.165) is 17.8 Å². The minimum absolute atomic E-state index is 0.900. The Kier molecular flexibility index (Phi) is 4.15. The first kappa shape index (κ1) is 14.3. The quantitative estimate of drug-likeness (QED) is 0.670. The first-order valence-electron chi connectivity index (χ1n) is 7.51. The van der Waals surface area contributed by atoms with Crippen LogP contribution in [-0.2, 0) is 6.42 Å². The molecule has 0 saturated heterocycles. The summed E-state index contributed by atoms with van der Waals surface area (Å²) in [7, 11) is 0. The van der Waals surface area contributed by atoms with Gasteiger partial charge in [0, 0.05) is 0 Å². The first-order chi connectivity index (χ1) is 10.7. The van der Waals surface area contributed by atoms with Crippen molar-refractivity contribution in [3.63, 3.8) is 0 Å². The minimum Gasteiger partial charge on any atom is -0.220 e. The van der Waals surface area contributed by atoms with E-state index >= 15 is 0 Å². The molecule has 0 amide bonds. The summed E-state index contributed by atoms with van der Waals surface area (Å²) in [4.78, 5) is 0. The predicted molar refractivity (Wildman–Crippen MR) is 90.8 cm³/mol. The van der Waals surface area contributed by atoms with Gasteiger partial charge in [0.05, 0.1) is 17.6 Å². The summed E-state index contributed by atoms with van der Waals surface area (Å²) in [5.74, 6) is 0. The average Bonchev–Trinajstić information content (AvgIpc) is 3.04. The van der Waals surface area contributed by atoms with Crippen molar-refractivity contribution in [2.75, 3.05) is 0 Å². The largest absolute Gasteiger partial charge is 0.220 e. The van der Waals surface area contributed by atoms with Gasteiger partial charge in [0.2, 0.25) is 0 Å². The summed E-state index contributed by atoms with van der Waals surface area (Å²) in [6.45, 7) is 4.17. The zero-order valence-electron chi connectivity index (χ0n) is 12.9. The molecule has 1 heterocycles. The molecule has 0 atom stereocenters. The van der Waals surface area contributed by atoms with Gasteiger partial charge >= 0.3 is 0 Å². The lowest BCUT2D eigenvalue weighted by Gasteiger charge is -2.00. The van der Waals surface area contributed by atoms with Gasteiger partial charge in [-0.2, -0.15) is 0 Å². The number of rotatable bonds is 4. The fraction of sp³-hybridized carbons (Fsp3) is 0.158. The average molecular weight is 289 g/mol. The minimum atomic E-state index is 0.900. The number of aromatic nitrogens is 3. The van der Waals surface area contributed by atoms with Crippen molar-refractivity contribution >= 4 is 12.2 Å². The molecule has 0 saturated carbocycles. The fourth-order valence-electron chi connectivity index (χ4n) is 2.19. The molecule has 0 unspecified atom stereocenters. The highest BCUT2D eigenvalue weighted by atomic mass is 15.4. The van der Waals surface area contributed by atoms with Gasteiger partial charge < -0.3 is 0 Å². The lowest BCUT2D eigenvalue weighted by atomic mass is 10.1. The number of aryl methyl sites for hydroxylation is 2. The Bertz CT molecular complexity index is 765. The summed E-state index contributed by atoms with van der Waals surface area (Å²) in [6.07, 6.45) is 7.11. The maximum Gasteiger partial charge on any atom is 0.0829 e. The molecule has 0 aliphatic heterocycles. The number of hydrogen-bond acceptors (Lipinski definition) is 2. The van der Waals surface area contributed by atoms with E-state index in [9.17, 15) is 0 Å². The van der Waals surface area contributed by atoms with Gasteiger partial charge in [0.25, 0.3) is 0 Å². The second-order valence-corrected chi connectivity index (χ2v) is 5.34. The molecular formula is C19H19N3. The van der Waals surface area contributed by atoms with Gasteiger partial charge in [-0.15, -0.1) is 5.10 Å². The molecule has 0 spiro atoms. The smallest absolute Gasteiger partial charge is 0.0829 e. The third-order valence-corrected chi connectivity index (χ3v) is 3.61. The Hall–Kier alpha value is -2.68. The van der Waals surface area contributed by atoms with Crippen LogP contribution in [0, 0.1) is 6.92 Å². The van der Waals surface area contributed by atoms with E-state index in [4.69, 9.17) is 0 Å². The van der Waals surface area contributed by atoms with Crippen LogP contribution in [0.3, 0.4) is 0 Å². The van der Waals surface area contributed by atoms with Crippen LogP contribution in [0.15, 0.2) is 54.7 Å². The summed E-state index contributed by atoms with van der Waals surface area (Å²) < 4.78 is 1.81. The van der Waals surface area contributed by atoms with Gasteiger partial charge in [-0.1, -0.05) is 66.3 Å². The van der Waals surface area contributed by atoms with E-state index in [-0.39, 0.29) is 0 Å². The second kappa shape index (κ2) is 6.39. The summed E-state index contributed by atoms with van der Waals surface area (Å²) >= 11 is 0. The highest BCUT2D eigenvalue weighted by molar-refractivity contribution is 5.70. The van der Waals surface area contributed by atoms with E-state index in [0.29, 0.717) is 0 Å². The van der Waals surface area contributed by atoms with Crippen molar-refractivity contribution in [1.29, 1.82) is 0 Å². The van der Waals surface area contributed by atoms with E-state index < -0.39 is 0 Å². The van der Waals surface area contributed by atoms with E-state index in [1.165, 1.54) is 16.7 Å². The molecule has 110 valence electrons. The SMILES string of the molecule is CCc1cn(-c2ccc(/C=C/c3ccc(C)cc3)cc2)nn1. The molecule has 3 aromatic rings. The molecular weight excluding hydrogens is 270 g/mol. The van der Waals surface area contributed by atoms with Crippen LogP contribution >= 0.6 is 0 Å². The molecule has 2 aromatic carbocycles. The van der Waals surface area contributed by atoms with Crippen LogP contribution in [0.5, 0.6) is 0 Å². The lowest BCUT2D eigenvalue weighted by Crippen LogP contribution is -1.94. The van der Waals surface area contributed by atoms with E-state index in [2.05, 4.69) is 84.8 Å². The van der Waals surface area contributed by atoms with Crippen molar-refractivity contribution in [1.82, 2.24) is 15.0 Å². The Labute approximate surface area is 130 Å². The summed E-state index contributed by atoms with van der Waals surface area (Å²) in [5, 5.41) is 8.25. The Morgan fingerprint density at radius 2 is 1.50 bits per heavy atom. The van der Waals surface area contributed by atoms with Crippen molar-refractivity contribution in [3.05, 3.63) is 77.1 Å². The second-order valence-electron chi connectivity index (χ2n) is 5.34. The highest BCUT2D eigenvalue weighted by Gasteiger charge is 2.00. The highest BCUT2D eigenvalue weighted by Crippen LogP contribution is 2.13.